The van der Waals surface area contributed by atoms with Crippen molar-refractivity contribution in [3.05, 3.63) is 0 Å². The predicted molar refractivity (Wildman–Crippen MR) is 104 cm³/mol. The van der Waals surface area contributed by atoms with E-state index >= 15 is 0 Å². The summed E-state index contributed by atoms with van der Waals surface area (Å²) in [7, 11) is 0. The SMILES string of the molecule is CCC(C)CNC(=O)C1CSC2(CCN(C(=O)NC(C)(C)C)CC2)N1. The molecule has 2 heterocycles. The Morgan fingerprint density at radius 1 is 1.32 bits per heavy atom. The molecule has 0 aromatic heterocycles. The third-order valence-electron chi connectivity index (χ3n) is 4.94. The van der Waals surface area contributed by atoms with Crippen LogP contribution >= 0.6 is 11.8 Å². The summed E-state index contributed by atoms with van der Waals surface area (Å²) in [5, 5.41) is 9.63. The van der Waals surface area contributed by atoms with Gasteiger partial charge in [0.25, 0.3) is 0 Å². The third-order valence-corrected chi connectivity index (χ3v) is 6.52. The summed E-state index contributed by atoms with van der Waals surface area (Å²) in [4.78, 5) is 26.5. The number of amides is 3. The number of hydrogen-bond donors (Lipinski definition) is 3. The Bertz CT molecular complexity index is 484. The first-order valence-corrected chi connectivity index (χ1v) is 10.4. The highest BCUT2D eigenvalue weighted by atomic mass is 32.2. The van der Waals surface area contributed by atoms with Gasteiger partial charge in [0.15, 0.2) is 0 Å². The molecular formula is C18H34N4O2S. The van der Waals surface area contributed by atoms with Gasteiger partial charge in [0.05, 0.1) is 10.9 Å². The molecule has 7 heteroatoms. The van der Waals surface area contributed by atoms with Crippen molar-refractivity contribution in [2.75, 3.05) is 25.4 Å². The molecule has 3 amide bonds. The molecule has 2 unspecified atom stereocenters. The summed E-state index contributed by atoms with van der Waals surface area (Å²) in [5.74, 6) is 1.43. The van der Waals surface area contributed by atoms with Crippen molar-refractivity contribution < 1.29 is 9.59 Å². The summed E-state index contributed by atoms with van der Waals surface area (Å²) in [6, 6.07) is -0.114. The summed E-state index contributed by atoms with van der Waals surface area (Å²) in [6.45, 7) is 12.5. The summed E-state index contributed by atoms with van der Waals surface area (Å²) in [5.41, 5.74) is -0.217. The molecule has 25 heavy (non-hydrogen) atoms. The van der Waals surface area contributed by atoms with Crippen LogP contribution in [0.3, 0.4) is 0 Å². The van der Waals surface area contributed by atoms with Gasteiger partial charge in [0.2, 0.25) is 5.91 Å². The average molecular weight is 371 g/mol. The van der Waals surface area contributed by atoms with Gasteiger partial charge in [0, 0.05) is 30.9 Å². The topological polar surface area (TPSA) is 73.5 Å². The van der Waals surface area contributed by atoms with Crippen LogP contribution < -0.4 is 16.0 Å². The van der Waals surface area contributed by atoms with Crippen molar-refractivity contribution >= 4 is 23.7 Å². The van der Waals surface area contributed by atoms with E-state index in [1.54, 1.807) is 0 Å². The Morgan fingerprint density at radius 2 is 1.96 bits per heavy atom. The Morgan fingerprint density at radius 3 is 2.52 bits per heavy atom. The van der Waals surface area contributed by atoms with E-state index in [1.807, 2.05) is 37.4 Å². The van der Waals surface area contributed by atoms with Crippen LogP contribution in [0.2, 0.25) is 0 Å². The molecule has 0 aromatic rings. The zero-order valence-electron chi connectivity index (χ0n) is 16.3. The smallest absolute Gasteiger partial charge is 0.317 e. The van der Waals surface area contributed by atoms with Crippen LogP contribution in [0.4, 0.5) is 4.79 Å². The van der Waals surface area contributed by atoms with E-state index in [4.69, 9.17) is 0 Å². The minimum atomic E-state index is -0.217. The van der Waals surface area contributed by atoms with E-state index < -0.39 is 0 Å². The van der Waals surface area contributed by atoms with Gasteiger partial charge in [-0.2, -0.15) is 0 Å². The van der Waals surface area contributed by atoms with Crippen LogP contribution in [0.1, 0.15) is 53.9 Å². The Balaban J connectivity index is 1.80. The third kappa shape index (κ3) is 5.78. The second kappa shape index (κ2) is 8.16. The Hall–Kier alpha value is -0.950. The number of carbonyl (C=O) groups excluding carboxylic acids is 2. The van der Waals surface area contributed by atoms with Gasteiger partial charge in [-0.15, -0.1) is 11.8 Å². The van der Waals surface area contributed by atoms with E-state index in [9.17, 15) is 9.59 Å². The molecule has 144 valence electrons. The molecule has 2 saturated heterocycles. The van der Waals surface area contributed by atoms with Crippen molar-refractivity contribution in [1.82, 2.24) is 20.9 Å². The van der Waals surface area contributed by atoms with Crippen LogP contribution in [0.15, 0.2) is 0 Å². The molecule has 2 aliphatic rings. The fourth-order valence-corrected chi connectivity index (χ4v) is 4.50. The average Bonchev–Trinajstić information content (AvgIpc) is 2.95. The molecule has 0 bridgehead atoms. The minimum absolute atomic E-state index is 0.00759. The minimum Gasteiger partial charge on any atom is -0.354 e. The van der Waals surface area contributed by atoms with Gasteiger partial charge < -0.3 is 15.5 Å². The fourth-order valence-electron chi connectivity index (χ4n) is 3.09. The van der Waals surface area contributed by atoms with Crippen molar-refractivity contribution in [3.8, 4) is 0 Å². The molecule has 6 nitrogen and oxygen atoms in total. The largest absolute Gasteiger partial charge is 0.354 e. The maximum Gasteiger partial charge on any atom is 0.317 e. The molecule has 2 aliphatic heterocycles. The molecule has 3 N–H and O–H groups in total. The maximum absolute atomic E-state index is 12.4. The van der Waals surface area contributed by atoms with Crippen molar-refractivity contribution in [1.29, 1.82) is 0 Å². The van der Waals surface area contributed by atoms with E-state index in [1.165, 1.54) is 0 Å². The molecule has 2 atom stereocenters. The number of likely N-dealkylation sites (tertiary alicyclic amines) is 1. The van der Waals surface area contributed by atoms with Crippen LogP contribution in [-0.4, -0.2) is 58.7 Å². The molecule has 1 spiro atoms. The summed E-state index contributed by atoms with van der Waals surface area (Å²) >= 11 is 1.84. The lowest BCUT2D eigenvalue weighted by Gasteiger charge is -2.40. The summed E-state index contributed by atoms with van der Waals surface area (Å²) < 4.78 is 0. The number of hydrogen-bond acceptors (Lipinski definition) is 4. The van der Waals surface area contributed by atoms with Gasteiger partial charge in [0.1, 0.15) is 0 Å². The lowest BCUT2D eigenvalue weighted by molar-refractivity contribution is -0.122. The monoisotopic (exact) mass is 370 g/mol. The maximum atomic E-state index is 12.4. The number of piperidine rings is 1. The van der Waals surface area contributed by atoms with Gasteiger partial charge in [-0.05, 0) is 39.5 Å². The molecule has 0 aliphatic carbocycles. The van der Waals surface area contributed by atoms with Gasteiger partial charge in [-0.3, -0.25) is 10.1 Å². The Kier molecular flexibility index (Phi) is 6.65. The van der Waals surface area contributed by atoms with Crippen LogP contribution in [0.5, 0.6) is 0 Å². The highest BCUT2D eigenvalue weighted by Gasteiger charge is 2.44. The second-order valence-corrected chi connectivity index (χ2v) is 9.83. The van der Waals surface area contributed by atoms with Gasteiger partial charge >= 0.3 is 6.03 Å². The van der Waals surface area contributed by atoms with Crippen molar-refractivity contribution in [3.63, 3.8) is 0 Å². The van der Waals surface area contributed by atoms with E-state index in [2.05, 4.69) is 29.8 Å². The van der Waals surface area contributed by atoms with Crippen LogP contribution in [0, 0.1) is 5.92 Å². The van der Waals surface area contributed by atoms with Crippen molar-refractivity contribution in [2.24, 2.45) is 5.92 Å². The number of carbonyl (C=O) groups is 2. The highest BCUT2D eigenvalue weighted by Crippen LogP contribution is 2.39. The zero-order valence-corrected chi connectivity index (χ0v) is 17.1. The summed E-state index contributed by atoms with van der Waals surface area (Å²) in [6.07, 6.45) is 2.83. The van der Waals surface area contributed by atoms with Gasteiger partial charge in [-0.1, -0.05) is 20.3 Å². The lowest BCUT2D eigenvalue weighted by atomic mass is 10.0. The molecule has 0 radical (unpaired) electrons. The number of thioether (sulfide) groups is 1. The molecule has 2 rings (SSSR count). The number of nitrogens with one attached hydrogen (secondary N) is 3. The first kappa shape index (κ1) is 20.4. The number of urea groups is 1. The molecular weight excluding hydrogens is 336 g/mol. The van der Waals surface area contributed by atoms with Crippen molar-refractivity contribution in [2.45, 2.75) is 70.3 Å². The van der Waals surface area contributed by atoms with Gasteiger partial charge in [-0.25, -0.2) is 4.79 Å². The second-order valence-electron chi connectivity index (χ2n) is 8.43. The van der Waals surface area contributed by atoms with E-state index in [-0.39, 0.29) is 28.4 Å². The van der Waals surface area contributed by atoms with Crippen LogP contribution in [0.25, 0.3) is 0 Å². The standard InChI is InChI=1S/C18H34N4O2S/c1-6-13(2)11-19-15(23)14-12-25-18(20-14)7-9-22(10-8-18)16(24)21-17(3,4)5/h13-14,20H,6-12H2,1-5H3,(H,19,23)(H,21,24). The molecule has 0 saturated carbocycles. The van der Waals surface area contributed by atoms with E-state index in [0.29, 0.717) is 5.92 Å². The Labute approximate surface area is 156 Å². The molecule has 2 fully saturated rings. The highest BCUT2D eigenvalue weighted by molar-refractivity contribution is 8.01. The first-order chi connectivity index (χ1) is 11.6. The fraction of sp³-hybridized carbons (Fsp3) is 0.889. The van der Waals surface area contributed by atoms with E-state index in [0.717, 1.165) is 44.6 Å². The lowest BCUT2D eigenvalue weighted by Crippen LogP contribution is -2.57. The zero-order chi connectivity index (χ0) is 18.7. The van der Waals surface area contributed by atoms with Crippen LogP contribution in [-0.2, 0) is 4.79 Å². The number of nitrogens with zero attached hydrogens (tertiary/aromatic N) is 1. The predicted octanol–water partition coefficient (Wildman–Crippen LogP) is 2.15. The first-order valence-electron chi connectivity index (χ1n) is 9.40. The molecule has 0 aromatic carbocycles. The quantitative estimate of drug-likeness (QED) is 0.709. The number of rotatable bonds is 4. The normalized spacial score (nSPS) is 24.2.